The molecule has 8 heteroatoms. The van der Waals surface area contributed by atoms with E-state index in [1.807, 2.05) is 30.9 Å². The normalized spacial score (nSPS) is 12.8. The lowest BCUT2D eigenvalue weighted by Crippen LogP contribution is -2.36. The Labute approximate surface area is 194 Å². The molecule has 0 aliphatic carbocycles. The molecule has 0 spiro atoms. The van der Waals surface area contributed by atoms with Gasteiger partial charge in [-0.2, -0.15) is 0 Å². The van der Waals surface area contributed by atoms with Crippen molar-refractivity contribution in [2.45, 2.75) is 33.2 Å². The number of ether oxygens (including phenoxy) is 2. The molecule has 0 atom stereocenters. The van der Waals surface area contributed by atoms with Crippen molar-refractivity contribution in [1.82, 2.24) is 15.5 Å². The number of rotatable bonds is 10. The van der Waals surface area contributed by atoms with Gasteiger partial charge in [0.1, 0.15) is 0 Å². The van der Waals surface area contributed by atoms with Crippen molar-refractivity contribution in [3.05, 3.63) is 59.2 Å². The molecule has 0 aromatic heterocycles. The topological polar surface area (TPSA) is 97.0 Å². The number of nitrogens with zero attached hydrogens (tertiary/aromatic N) is 1. The smallest absolute Gasteiger partial charge is 0.253 e. The first-order chi connectivity index (χ1) is 16.0. The zero-order valence-electron chi connectivity index (χ0n) is 19.2. The molecule has 33 heavy (non-hydrogen) atoms. The number of hydrogen-bond acceptors (Lipinski definition) is 5. The van der Waals surface area contributed by atoms with Gasteiger partial charge in [-0.3, -0.25) is 14.4 Å². The summed E-state index contributed by atoms with van der Waals surface area (Å²) in [5.41, 5.74) is 1.83. The number of benzene rings is 2. The van der Waals surface area contributed by atoms with Crippen molar-refractivity contribution < 1.29 is 23.9 Å². The number of likely N-dealkylation sites (tertiary alicyclic amines) is 1. The lowest BCUT2D eigenvalue weighted by atomic mass is 10.1. The summed E-state index contributed by atoms with van der Waals surface area (Å²) in [5, 5.41) is 5.39. The van der Waals surface area contributed by atoms with Gasteiger partial charge in [-0.15, -0.1) is 0 Å². The van der Waals surface area contributed by atoms with E-state index in [1.54, 1.807) is 30.3 Å². The third kappa shape index (κ3) is 6.71. The van der Waals surface area contributed by atoms with E-state index in [-0.39, 0.29) is 30.8 Å². The molecular formula is C25H31N3O5. The quantitative estimate of drug-likeness (QED) is 0.577. The summed E-state index contributed by atoms with van der Waals surface area (Å²) >= 11 is 0. The Kier molecular flexibility index (Phi) is 8.69. The van der Waals surface area contributed by atoms with Crippen LogP contribution < -0.4 is 20.1 Å². The van der Waals surface area contributed by atoms with Crippen molar-refractivity contribution in [2.75, 3.05) is 32.8 Å². The zero-order chi connectivity index (χ0) is 23.6. The fraction of sp³-hybridized carbons (Fsp3) is 0.400. The summed E-state index contributed by atoms with van der Waals surface area (Å²) in [7, 11) is 0. The van der Waals surface area contributed by atoms with E-state index in [2.05, 4.69) is 10.6 Å². The molecule has 1 heterocycles. The van der Waals surface area contributed by atoms with Crippen LogP contribution in [0.3, 0.4) is 0 Å². The average Bonchev–Trinajstić information content (AvgIpc) is 3.37. The van der Waals surface area contributed by atoms with E-state index in [1.165, 1.54) is 0 Å². The summed E-state index contributed by atoms with van der Waals surface area (Å²) < 4.78 is 11.0. The molecule has 2 N–H and O–H groups in total. The van der Waals surface area contributed by atoms with Crippen LogP contribution in [0.2, 0.25) is 0 Å². The van der Waals surface area contributed by atoms with Crippen molar-refractivity contribution in [2.24, 2.45) is 0 Å². The van der Waals surface area contributed by atoms with E-state index >= 15 is 0 Å². The largest absolute Gasteiger partial charge is 0.490 e. The van der Waals surface area contributed by atoms with Crippen molar-refractivity contribution in [1.29, 1.82) is 0 Å². The van der Waals surface area contributed by atoms with Crippen LogP contribution in [-0.2, 0) is 11.3 Å². The van der Waals surface area contributed by atoms with Gasteiger partial charge in [0.15, 0.2) is 11.5 Å². The van der Waals surface area contributed by atoms with Crippen LogP contribution in [0.5, 0.6) is 11.5 Å². The van der Waals surface area contributed by atoms with Crippen LogP contribution in [0.4, 0.5) is 0 Å². The minimum Gasteiger partial charge on any atom is -0.490 e. The van der Waals surface area contributed by atoms with Crippen LogP contribution >= 0.6 is 0 Å². The lowest BCUT2D eigenvalue weighted by molar-refractivity contribution is -0.120. The molecule has 1 aliphatic heterocycles. The summed E-state index contributed by atoms with van der Waals surface area (Å²) in [6, 6.07) is 12.2. The Balaban J connectivity index is 1.50. The lowest BCUT2D eigenvalue weighted by Gasteiger charge is -2.15. The fourth-order valence-corrected chi connectivity index (χ4v) is 3.64. The van der Waals surface area contributed by atoms with E-state index in [9.17, 15) is 14.4 Å². The number of carbonyl (C=O) groups excluding carboxylic acids is 3. The third-order valence-electron chi connectivity index (χ3n) is 5.27. The maximum absolute atomic E-state index is 12.5. The Hall–Kier alpha value is -3.55. The van der Waals surface area contributed by atoms with Crippen LogP contribution in [0.15, 0.2) is 42.5 Å². The molecule has 1 aliphatic rings. The molecule has 3 amide bonds. The zero-order valence-corrected chi connectivity index (χ0v) is 19.2. The van der Waals surface area contributed by atoms with Gasteiger partial charge in [0.05, 0.1) is 19.8 Å². The Morgan fingerprint density at radius 1 is 0.879 bits per heavy atom. The van der Waals surface area contributed by atoms with Crippen molar-refractivity contribution in [3.63, 3.8) is 0 Å². The highest BCUT2D eigenvalue weighted by Gasteiger charge is 2.19. The van der Waals surface area contributed by atoms with Gasteiger partial charge >= 0.3 is 0 Å². The number of hydrogen-bond donors (Lipinski definition) is 2. The van der Waals surface area contributed by atoms with Crippen LogP contribution in [0.25, 0.3) is 0 Å². The molecule has 2 aromatic carbocycles. The summed E-state index contributed by atoms with van der Waals surface area (Å²) in [6.45, 7) is 6.34. The first-order valence-corrected chi connectivity index (χ1v) is 11.3. The summed E-state index contributed by atoms with van der Waals surface area (Å²) in [5.74, 6) is 0.372. The predicted octanol–water partition coefficient (Wildman–Crippen LogP) is 2.77. The predicted molar refractivity (Wildman–Crippen MR) is 125 cm³/mol. The van der Waals surface area contributed by atoms with Gasteiger partial charge in [-0.1, -0.05) is 12.1 Å². The van der Waals surface area contributed by atoms with E-state index in [0.29, 0.717) is 35.8 Å². The summed E-state index contributed by atoms with van der Waals surface area (Å²) in [6.07, 6.45) is 2.08. The molecule has 1 fully saturated rings. The number of carbonyl (C=O) groups is 3. The van der Waals surface area contributed by atoms with E-state index in [0.717, 1.165) is 31.5 Å². The van der Waals surface area contributed by atoms with Gasteiger partial charge in [-0.25, -0.2) is 0 Å². The fourth-order valence-electron chi connectivity index (χ4n) is 3.64. The number of amides is 3. The second-order valence-electron chi connectivity index (χ2n) is 7.69. The second-order valence-corrected chi connectivity index (χ2v) is 7.69. The molecule has 8 nitrogen and oxygen atoms in total. The van der Waals surface area contributed by atoms with Crippen molar-refractivity contribution >= 4 is 17.7 Å². The van der Waals surface area contributed by atoms with E-state index < -0.39 is 0 Å². The first-order valence-electron chi connectivity index (χ1n) is 11.3. The van der Waals surface area contributed by atoms with Gasteiger partial charge in [-0.05, 0) is 62.6 Å². The number of nitrogens with one attached hydrogen (secondary N) is 2. The van der Waals surface area contributed by atoms with Crippen LogP contribution in [0.1, 0.15) is 53.0 Å². The van der Waals surface area contributed by atoms with Gasteiger partial charge in [0, 0.05) is 30.8 Å². The molecule has 0 radical (unpaired) electrons. The highest BCUT2D eigenvalue weighted by Crippen LogP contribution is 2.28. The highest BCUT2D eigenvalue weighted by molar-refractivity contribution is 5.97. The van der Waals surface area contributed by atoms with Crippen LogP contribution in [0, 0.1) is 0 Å². The molecule has 0 bridgehead atoms. The monoisotopic (exact) mass is 453 g/mol. The maximum atomic E-state index is 12.5. The Bertz CT molecular complexity index is 986. The SMILES string of the molecule is CCOc1ccc(C(=O)NCC(=O)NCc2cccc(C(=O)N3CCCC3)c2)cc1OCC. The molecule has 2 aromatic rings. The standard InChI is InChI=1S/C25H31N3O5/c1-3-32-21-11-10-19(15-22(21)33-4-2)24(30)27-17-23(29)26-16-18-8-7-9-20(14-18)25(31)28-12-5-6-13-28/h7-11,14-15H,3-6,12-13,16-17H2,1-2H3,(H,26,29)(H,27,30). The molecule has 0 saturated carbocycles. The first kappa shape index (κ1) is 24.1. The molecule has 3 rings (SSSR count). The molecule has 1 saturated heterocycles. The Morgan fingerprint density at radius 2 is 1.61 bits per heavy atom. The highest BCUT2D eigenvalue weighted by atomic mass is 16.5. The average molecular weight is 454 g/mol. The van der Waals surface area contributed by atoms with Gasteiger partial charge < -0.3 is 25.0 Å². The van der Waals surface area contributed by atoms with Crippen LogP contribution in [-0.4, -0.2) is 55.5 Å². The Morgan fingerprint density at radius 3 is 2.33 bits per heavy atom. The molecule has 0 unspecified atom stereocenters. The maximum Gasteiger partial charge on any atom is 0.253 e. The molecule has 176 valence electrons. The van der Waals surface area contributed by atoms with Gasteiger partial charge in [0.25, 0.3) is 11.8 Å². The molecular weight excluding hydrogens is 422 g/mol. The van der Waals surface area contributed by atoms with Gasteiger partial charge in [0.2, 0.25) is 5.91 Å². The van der Waals surface area contributed by atoms with E-state index in [4.69, 9.17) is 9.47 Å². The van der Waals surface area contributed by atoms with Crippen molar-refractivity contribution in [3.8, 4) is 11.5 Å². The summed E-state index contributed by atoms with van der Waals surface area (Å²) in [4.78, 5) is 39.1. The third-order valence-corrected chi connectivity index (χ3v) is 5.27. The minimum absolute atomic E-state index is 0.0229. The minimum atomic E-state index is -0.382. The second kappa shape index (κ2) is 11.9.